The molecule has 0 unspecified atom stereocenters. The van der Waals surface area contributed by atoms with Crippen molar-refractivity contribution in [2.75, 3.05) is 13.1 Å². The zero-order valence-electron chi connectivity index (χ0n) is 18.5. The van der Waals surface area contributed by atoms with E-state index in [1.54, 1.807) is 23.2 Å². The summed E-state index contributed by atoms with van der Waals surface area (Å²) in [5, 5.41) is 17.5. The van der Waals surface area contributed by atoms with Crippen LogP contribution >= 0.6 is 11.6 Å². The normalized spacial score (nSPS) is 22.2. The van der Waals surface area contributed by atoms with Crippen molar-refractivity contribution in [1.29, 1.82) is 0 Å². The highest BCUT2D eigenvalue weighted by molar-refractivity contribution is 6.30. The number of allylic oxidation sites excluding steroid dienone is 1. The van der Waals surface area contributed by atoms with Crippen LogP contribution in [-0.2, 0) is 10.4 Å². The Labute approximate surface area is 184 Å². The van der Waals surface area contributed by atoms with Gasteiger partial charge in [0.15, 0.2) is 0 Å². The van der Waals surface area contributed by atoms with Crippen molar-refractivity contribution in [2.45, 2.75) is 59.1 Å². The SMILES string of the molecule is CC/C=C/NC(=O)N[C@@H](C(=O)N1CC[C@](O)(c2ccc(Cl)cc2)C(C)(C)C1)C(C)C. The standard InChI is InChI=1S/C23H34ClN3O3/c1-6-7-13-25-21(29)26-19(16(2)3)20(28)27-14-12-23(30,22(4,5)15-27)17-8-10-18(24)11-9-17/h7-11,13,16,19,30H,6,12,14-15H2,1-5H3,(H2,25,26,29)/b13-7+/t19-,23+/m1/s1. The van der Waals surface area contributed by atoms with Gasteiger partial charge in [-0.3, -0.25) is 4.79 Å². The van der Waals surface area contributed by atoms with Crippen molar-refractivity contribution >= 4 is 23.5 Å². The summed E-state index contributed by atoms with van der Waals surface area (Å²) in [7, 11) is 0. The second kappa shape index (κ2) is 9.84. The Morgan fingerprint density at radius 2 is 1.90 bits per heavy atom. The van der Waals surface area contributed by atoms with Gasteiger partial charge >= 0.3 is 6.03 Å². The van der Waals surface area contributed by atoms with E-state index in [9.17, 15) is 14.7 Å². The third-order valence-corrected chi connectivity index (χ3v) is 6.12. The van der Waals surface area contributed by atoms with Crippen LogP contribution in [0.25, 0.3) is 0 Å². The van der Waals surface area contributed by atoms with Crippen molar-refractivity contribution in [2.24, 2.45) is 11.3 Å². The molecule has 0 aliphatic carbocycles. The van der Waals surface area contributed by atoms with Gasteiger partial charge in [-0.1, -0.05) is 64.4 Å². The first-order chi connectivity index (χ1) is 14.0. The molecular formula is C23H34ClN3O3. The lowest BCUT2D eigenvalue weighted by atomic mass is 9.66. The first kappa shape index (κ1) is 24.2. The van der Waals surface area contributed by atoms with Gasteiger partial charge in [0.1, 0.15) is 6.04 Å². The Hall–Kier alpha value is -2.05. The molecular weight excluding hydrogens is 402 g/mol. The third-order valence-electron chi connectivity index (χ3n) is 5.87. The second-order valence-corrected chi connectivity index (χ2v) is 9.35. The van der Waals surface area contributed by atoms with E-state index in [2.05, 4.69) is 10.6 Å². The minimum Gasteiger partial charge on any atom is -0.384 e. The third kappa shape index (κ3) is 5.35. The van der Waals surface area contributed by atoms with Gasteiger partial charge in [-0.05, 0) is 36.5 Å². The molecule has 3 amide bonds. The van der Waals surface area contributed by atoms with Gasteiger partial charge < -0.3 is 20.6 Å². The van der Waals surface area contributed by atoms with Crippen LogP contribution in [0.2, 0.25) is 5.02 Å². The molecule has 0 spiro atoms. The molecule has 0 aromatic heterocycles. The number of rotatable bonds is 6. The average molecular weight is 436 g/mol. The van der Waals surface area contributed by atoms with Crippen molar-refractivity contribution in [3.8, 4) is 0 Å². The predicted molar refractivity (Wildman–Crippen MR) is 120 cm³/mol. The number of halogens is 1. The Kier molecular flexibility index (Phi) is 7.94. The molecule has 0 saturated carbocycles. The summed E-state index contributed by atoms with van der Waals surface area (Å²) in [4.78, 5) is 27.2. The van der Waals surface area contributed by atoms with Crippen LogP contribution in [0.1, 0.15) is 53.0 Å². The van der Waals surface area contributed by atoms with Gasteiger partial charge in [0.05, 0.1) is 5.60 Å². The molecule has 1 aromatic carbocycles. The summed E-state index contributed by atoms with van der Waals surface area (Å²) in [5.74, 6) is -0.204. The first-order valence-electron chi connectivity index (χ1n) is 10.5. The summed E-state index contributed by atoms with van der Waals surface area (Å²) in [6.07, 6.45) is 4.62. The molecule has 7 heteroatoms. The van der Waals surface area contributed by atoms with Crippen LogP contribution < -0.4 is 10.6 Å². The Morgan fingerprint density at radius 3 is 2.43 bits per heavy atom. The smallest absolute Gasteiger partial charge is 0.319 e. The second-order valence-electron chi connectivity index (χ2n) is 8.91. The number of urea groups is 1. The zero-order chi connectivity index (χ0) is 22.5. The highest BCUT2D eigenvalue weighted by Gasteiger charge is 2.50. The summed E-state index contributed by atoms with van der Waals surface area (Å²) in [6.45, 7) is 10.5. The van der Waals surface area contributed by atoms with Crippen LogP contribution in [0.5, 0.6) is 0 Å². The summed E-state index contributed by atoms with van der Waals surface area (Å²) in [6, 6.07) is 6.18. The molecule has 30 heavy (non-hydrogen) atoms. The van der Waals surface area contributed by atoms with E-state index in [4.69, 9.17) is 11.6 Å². The van der Waals surface area contributed by atoms with E-state index in [0.29, 0.717) is 24.5 Å². The lowest BCUT2D eigenvalue weighted by molar-refractivity contribution is -0.155. The average Bonchev–Trinajstić information content (AvgIpc) is 2.68. The maximum atomic E-state index is 13.3. The van der Waals surface area contributed by atoms with Crippen LogP contribution in [-0.4, -0.2) is 41.1 Å². The molecule has 166 valence electrons. The number of carbonyl (C=O) groups is 2. The van der Waals surface area contributed by atoms with Gasteiger partial charge in [0.25, 0.3) is 0 Å². The van der Waals surface area contributed by atoms with Crippen molar-refractivity contribution in [1.82, 2.24) is 15.5 Å². The summed E-state index contributed by atoms with van der Waals surface area (Å²) in [5.41, 5.74) is -0.857. The zero-order valence-corrected chi connectivity index (χ0v) is 19.3. The van der Waals surface area contributed by atoms with Crippen LogP contribution in [0, 0.1) is 11.3 Å². The number of carbonyl (C=O) groups excluding carboxylic acids is 2. The number of likely N-dealkylation sites (tertiary alicyclic amines) is 1. The van der Waals surface area contributed by atoms with E-state index < -0.39 is 23.1 Å². The molecule has 1 aliphatic rings. The number of nitrogens with zero attached hydrogens (tertiary/aromatic N) is 1. The van der Waals surface area contributed by atoms with Crippen LogP contribution in [0.3, 0.4) is 0 Å². The number of aliphatic hydroxyl groups is 1. The Bertz CT molecular complexity index is 776. The molecule has 2 rings (SSSR count). The van der Waals surface area contributed by atoms with Crippen molar-refractivity contribution < 1.29 is 14.7 Å². The molecule has 6 nitrogen and oxygen atoms in total. The quantitative estimate of drug-likeness (QED) is 0.630. The van der Waals surface area contributed by atoms with E-state index in [1.807, 2.05) is 52.8 Å². The monoisotopic (exact) mass is 435 g/mol. The largest absolute Gasteiger partial charge is 0.384 e. The van der Waals surface area contributed by atoms with Crippen molar-refractivity contribution in [3.05, 3.63) is 47.1 Å². The van der Waals surface area contributed by atoms with Crippen molar-refractivity contribution in [3.63, 3.8) is 0 Å². The van der Waals surface area contributed by atoms with E-state index in [1.165, 1.54) is 0 Å². The number of hydrogen-bond acceptors (Lipinski definition) is 3. The van der Waals surface area contributed by atoms with E-state index in [0.717, 1.165) is 12.0 Å². The topological polar surface area (TPSA) is 81.7 Å². The first-order valence-corrected chi connectivity index (χ1v) is 10.9. The lowest BCUT2D eigenvalue weighted by Crippen LogP contribution is -2.61. The molecule has 1 aromatic rings. The molecule has 2 atom stereocenters. The van der Waals surface area contributed by atoms with Crippen LogP contribution in [0.4, 0.5) is 4.79 Å². The van der Waals surface area contributed by atoms with Gasteiger partial charge in [-0.25, -0.2) is 4.79 Å². The molecule has 0 bridgehead atoms. The maximum absolute atomic E-state index is 13.3. The molecule has 1 aliphatic heterocycles. The fraction of sp³-hybridized carbons (Fsp3) is 0.565. The minimum atomic E-state index is -1.07. The fourth-order valence-electron chi connectivity index (χ4n) is 3.92. The van der Waals surface area contributed by atoms with Crippen LogP contribution in [0.15, 0.2) is 36.5 Å². The molecule has 3 N–H and O–H groups in total. The number of nitrogens with one attached hydrogen (secondary N) is 2. The lowest BCUT2D eigenvalue weighted by Gasteiger charge is -2.51. The Balaban J connectivity index is 2.14. The maximum Gasteiger partial charge on any atom is 0.319 e. The van der Waals surface area contributed by atoms with Gasteiger partial charge in [-0.2, -0.15) is 0 Å². The molecule has 1 heterocycles. The summed E-state index contributed by atoms with van der Waals surface area (Å²) >= 11 is 6.00. The highest BCUT2D eigenvalue weighted by Crippen LogP contribution is 2.46. The van der Waals surface area contributed by atoms with E-state index in [-0.39, 0.29) is 11.8 Å². The fourth-order valence-corrected chi connectivity index (χ4v) is 4.04. The summed E-state index contributed by atoms with van der Waals surface area (Å²) < 4.78 is 0. The van der Waals surface area contributed by atoms with Gasteiger partial charge in [0, 0.05) is 29.7 Å². The van der Waals surface area contributed by atoms with Gasteiger partial charge in [-0.15, -0.1) is 0 Å². The van der Waals surface area contributed by atoms with E-state index >= 15 is 0 Å². The number of benzene rings is 1. The molecule has 1 saturated heterocycles. The predicted octanol–water partition coefficient (Wildman–Crippen LogP) is 4.03. The number of amides is 3. The highest BCUT2D eigenvalue weighted by atomic mass is 35.5. The Morgan fingerprint density at radius 1 is 1.27 bits per heavy atom. The number of hydrogen-bond donors (Lipinski definition) is 3. The van der Waals surface area contributed by atoms with Gasteiger partial charge in [0.2, 0.25) is 5.91 Å². The number of piperidine rings is 1. The minimum absolute atomic E-state index is 0.0707. The molecule has 0 radical (unpaired) electrons. The molecule has 1 fully saturated rings.